The zero-order valence-corrected chi connectivity index (χ0v) is 15.8. The van der Waals surface area contributed by atoms with E-state index in [0.717, 1.165) is 37.5 Å². The highest BCUT2D eigenvalue weighted by molar-refractivity contribution is 7.19. The zero-order chi connectivity index (χ0) is 19.7. The van der Waals surface area contributed by atoms with Crippen molar-refractivity contribution < 1.29 is 14.3 Å². The van der Waals surface area contributed by atoms with Gasteiger partial charge in [-0.3, -0.25) is 4.79 Å². The largest absolute Gasteiger partial charge is 0.481 e. The standard InChI is InChI=1S/C21H16FN3O2S/c1-12-18(14-4-6-15(22)7-5-14)19-20(23-11-24-21(19)28-12)25-16-8-2-13(3-9-16)10-17(26)27/h2-9,11H,10H2,1H3,(H,26,27)(H,23,24,25). The molecule has 2 aromatic carbocycles. The van der Waals surface area contributed by atoms with Crippen LogP contribution in [-0.4, -0.2) is 21.0 Å². The monoisotopic (exact) mass is 393 g/mol. The molecule has 0 aliphatic heterocycles. The Morgan fingerprint density at radius 3 is 2.50 bits per heavy atom. The number of aryl methyl sites for hydroxylation is 1. The summed E-state index contributed by atoms with van der Waals surface area (Å²) in [5.74, 6) is -0.493. The van der Waals surface area contributed by atoms with Crippen molar-refractivity contribution in [3.05, 3.63) is 71.1 Å². The fraction of sp³-hybridized carbons (Fsp3) is 0.0952. The first kappa shape index (κ1) is 18.1. The molecule has 5 nitrogen and oxygen atoms in total. The molecule has 140 valence electrons. The number of aromatic nitrogens is 2. The molecule has 0 atom stereocenters. The second kappa shape index (κ2) is 7.36. The quantitative estimate of drug-likeness (QED) is 0.489. The predicted molar refractivity (Wildman–Crippen MR) is 109 cm³/mol. The highest BCUT2D eigenvalue weighted by Gasteiger charge is 2.17. The summed E-state index contributed by atoms with van der Waals surface area (Å²) in [4.78, 5) is 21.5. The number of hydrogen-bond acceptors (Lipinski definition) is 5. The minimum absolute atomic E-state index is 0.0174. The molecule has 0 bridgehead atoms. The van der Waals surface area contributed by atoms with E-state index >= 15 is 0 Å². The van der Waals surface area contributed by atoms with Gasteiger partial charge in [-0.15, -0.1) is 11.3 Å². The summed E-state index contributed by atoms with van der Waals surface area (Å²) >= 11 is 1.56. The maximum Gasteiger partial charge on any atom is 0.307 e. The zero-order valence-electron chi connectivity index (χ0n) is 14.9. The van der Waals surface area contributed by atoms with Gasteiger partial charge in [0.05, 0.1) is 11.8 Å². The lowest BCUT2D eigenvalue weighted by atomic mass is 10.0. The molecule has 7 heteroatoms. The van der Waals surface area contributed by atoms with Crippen molar-refractivity contribution in [1.29, 1.82) is 0 Å². The van der Waals surface area contributed by atoms with Crippen LogP contribution in [0.3, 0.4) is 0 Å². The number of rotatable bonds is 5. The number of carboxylic acids is 1. The predicted octanol–water partition coefficient (Wildman–Crippen LogP) is 5.18. The summed E-state index contributed by atoms with van der Waals surface area (Å²) < 4.78 is 13.4. The van der Waals surface area contributed by atoms with Gasteiger partial charge in [-0.1, -0.05) is 24.3 Å². The molecule has 0 amide bonds. The minimum atomic E-state index is -0.865. The Morgan fingerprint density at radius 2 is 1.82 bits per heavy atom. The maximum atomic E-state index is 13.4. The number of carboxylic acid groups (broad SMARTS) is 1. The molecule has 0 saturated carbocycles. The van der Waals surface area contributed by atoms with E-state index in [0.29, 0.717) is 5.82 Å². The third-order valence-electron chi connectivity index (χ3n) is 4.37. The average molecular weight is 393 g/mol. The summed E-state index contributed by atoms with van der Waals surface area (Å²) in [6, 6.07) is 13.6. The van der Waals surface area contributed by atoms with Crippen LogP contribution in [0.5, 0.6) is 0 Å². The lowest BCUT2D eigenvalue weighted by Gasteiger charge is -2.09. The normalized spacial score (nSPS) is 10.9. The SMILES string of the molecule is Cc1sc2ncnc(Nc3ccc(CC(=O)O)cc3)c2c1-c1ccc(F)cc1. The summed E-state index contributed by atoms with van der Waals surface area (Å²) in [5, 5.41) is 13.1. The second-order valence-electron chi connectivity index (χ2n) is 6.34. The third-order valence-corrected chi connectivity index (χ3v) is 5.38. The molecule has 2 N–H and O–H groups in total. The molecule has 4 rings (SSSR count). The lowest BCUT2D eigenvalue weighted by Crippen LogP contribution is -2.00. The Morgan fingerprint density at radius 1 is 1.11 bits per heavy atom. The summed E-state index contributed by atoms with van der Waals surface area (Å²) in [7, 11) is 0. The van der Waals surface area contributed by atoms with Crippen LogP contribution in [0.1, 0.15) is 10.4 Å². The topological polar surface area (TPSA) is 75.1 Å². The van der Waals surface area contributed by atoms with Gasteiger partial charge in [0.2, 0.25) is 0 Å². The van der Waals surface area contributed by atoms with Crippen LogP contribution in [0.4, 0.5) is 15.9 Å². The number of hydrogen-bond donors (Lipinski definition) is 2. The molecule has 0 aliphatic carbocycles. The van der Waals surface area contributed by atoms with E-state index in [2.05, 4.69) is 15.3 Å². The van der Waals surface area contributed by atoms with Gasteiger partial charge in [-0.25, -0.2) is 14.4 Å². The molecule has 0 spiro atoms. The van der Waals surface area contributed by atoms with Crippen molar-refractivity contribution in [2.75, 3.05) is 5.32 Å². The van der Waals surface area contributed by atoms with Gasteiger partial charge in [-0.05, 0) is 42.3 Å². The second-order valence-corrected chi connectivity index (χ2v) is 7.54. The first-order valence-electron chi connectivity index (χ1n) is 8.59. The molecular weight excluding hydrogens is 377 g/mol. The first-order chi connectivity index (χ1) is 13.5. The molecule has 0 unspecified atom stereocenters. The Kier molecular flexibility index (Phi) is 4.75. The molecule has 0 aliphatic rings. The van der Waals surface area contributed by atoms with Crippen molar-refractivity contribution in [2.24, 2.45) is 0 Å². The number of nitrogens with zero attached hydrogens (tertiary/aromatic N) is 2. The van der Waals surface area contributed by atoms with E-state index < -0.39 is 5.97 Å². The van der Waals surface area contributed by atoms with E-state index in [1.165, 1.54) is 18.5 Å². The molecule has 2 aromatic heterocycles. The number of carbonyl (C=O) groups is 1. The summed E-state index contributed by atoms with van der Waals surface area (Å²) in [6.45, 7) is 2.01. The Bertz CT molecular complexity index is 1150. The van der Waals surface area contributed by atoms with Crippen LogP contribution in [0.15, 0.2) is 54.9 Å². The van der Waals surface area contributed by atoms with Gasteiger partial charge in [-0.2, -0.15) is 0 Å². The lowest BCUT2D eigenvalue weighted by molar-refractivity contribution is -0.136. The van der Waals surface area contributed by atoms with Crippen LogP contribution in [0, 0.1) is 12.7 Å². The Labute approximate surface area is 164 Å². The number of thiophene rings is 1. The number of anilines is 2. The van der Waals surface area contributed by atoms with Gasteiger partial charge in [0.25, 0.3) is 0 Å². The van der Waals surface area contributed by atoms with Gasteiger partial charge in [0.1, 0.15) is 22.8 Å². The first-order valence-corrected chi connectivity index (χ1v) is 9.40. The number of halogens is 1. The van der Waals surface area contributed by atoms with Crippen molar-refractivity contribution in [2.45, 2.75) is 13.3 Å². The van der Waals surface area contributed by atoms with Gasteiger partial charge in [0, 0.05) is 16.1 Å². The molecule has 0 fully saturated rings. The molecule has 4 aromatic rings. The highest BCUT2D eigenvalue weighted by atomic mass is 32.1. The highest BCUT2D eigenvalue weighted by Crippen LogP contribution is 2.40. The van der Waals surface area contributed by atoms with E-state index in [4.69, 9.17) is 5.11 Å². The van der Waals surface area contributed by atoms with Crippen molar-refractivity contribution in [3.8, 4) is 11.1 Å². The molecule has 0 radical (unpaired) electrons. The van der Waals surface area contributed by atoms with Crippen molar-refractivity contribution in [1.82, 2.24) is 9.97 Å². The Hall–Kier alpha value is -3.32. The van der Waals surface area contributed by atoms with E-state index in [-0.39, 0.29) is 12.2 Å². The van der Waals surface area contributed by atoms with Crippen LogP contribution >= 0.6 is 11.3 Å². The van der Waals surface area contributed by atoms with Crippen molar-refractivity contribution >= 4 is 39.0 Å². The Balaban J connectivity index is 1.75. The van der Waals surface area contributed by atoms with Crippen LogP contribution in [0.2, 0.25) is 0 Å². The fourth-order valence-electron chi connectivity index (χ4n) is 3.12. The molecule has 28 heavy (non-hydrogen) atoms. The van der Waals surface area contributed by atoms with Crippen molar-refractivity contribution in [3.63, 3.8) is 0 Å². The van der Waals surface area contributed by atoms with Crippen LogP contribution in [-0.2, 0) is 11.2 Å². The summed E-state index contributed by atoms with van der Waals surface area (Å²) in [5.41, 5.74) is 3.40. The number of aliphatic carboxylic acids is 1. The summed E-state index contributed by atoms with van der Waals surface area (Å²) in [6.07, 6.45) is 1.49. The van der Waals surface area contributed by atoms with Crippen LogP contribution in [0.25, 0.3) is 21.3 Å². The number of fused-ring (bicyclic) bond motifs is 1. The van der Waals surface area contributed by atoms with Gasteiger partial charge >= 0.3 is 5.97 Å². The van der Waals surface area contributed by atoms with Gasteiger partial charge < -0.3 is 10.4 Å². The number of nitrogens with one attached hydrogen (secondary N) is 1. The molecule has 0 saturated heterocycles. The fourth-order valence-corrected chi connectivity index (χ4v) is 4.13. The minimum Gasteiger partial charge on any atom is -0.481 e. The number of benzene rings is 2. The van der Waals surface area contributed by atoms with E-state index in [9.17, 15) is 9.18 Å². The van der Waals surface area contributed by atoms with Gasteiger partial charge in [0.15, 0.2) is 0 Å². The average Bonchev–Trinajstić information content (AvgIpc) is 3.00. The molecule has 2 heterocycles. The van der Waals surface area contributed by atoms with Crippen LogP contribution < -0.4 is 5.32 Å². The third kappa shape index (κ3) is 3.57. The maximum absolute atomic E-state index is 13.4. The smallest absolute Gasteiger partial charge is 0.307 e. The van der Waals surface area contributed by atoms with E-state index in [1.807, 2.05) is 19.1 Å². The van der Waals surface area contributed by atoms with E-state index in [1.54, 1.807) is 35.6 Å². The molecular formula is C21H16FN3O2S.